The number of nitrogens with zero attached hydrogens (tertiary/aromatic N) is 3. The molecule has 34 heavy (non-hydrogen) atoms. The number of benzene rings is 2. The lowest BCUT2D eigenvalue weighted by molar-refractivity contribution is 0.415. The average Bonchev–Trinajstić information content (AvgIpc) is 3.35. The minimum atomic E-state index is -0.121. The molecule has 2 aromatic heterocycles. The first-order valence-electron chi connectivity index (χ1n) is 11.1. The molecule has 3 heterocycles. The summed E-state index contributed by atoms with van der Waals surface area (Å²) in [6.07, 6.45) is 1.81. The molecule has 0 unspecified atom stereocenters. The van der Waals surface area contributed by atoms with Crippen LogP contribution in [0.3, 0.4) is 0 Å². The number of aromatic hydroxyl groups is 1. The molecule has 4 aromatic rings. The van der Waals surface area contributed by atoms with Crippen molar-refractivity contribution in [2.75, 3.05) is 12.0 Å². The first-order chi connectivity index (χ1) is 16.5. The second kappa shape index (κ2) is 8.83. The fourth-order valence-electron chi connectivity index (χ4n) is 4.78. The first kappa shape index (κ1) is 22.0. The van der Waals surface area contributed by atoms with E-state index < -0.39 is 0 Å². The van der Waals surface area contributed by atoms with E-state index in [-0.39, 0.29) is 17.8 Å². The number of phenolic OH excluding ortho intramolecular Hbond substituents is 1. The molecule has 6 nitrogen and oxygen atoms in total. The number of aromatic nitrogens is 2. The van der Waals surface area contributed by atoms with Crippen LogP contribution in [0.15, 0.2) is 79.0 Å². The summed E-state index contributed by atoms with van der Waals surface area (Å²) in [4.78, 5) is 6.81. The topological polar surface area (TPSA) is 62.5 Å². The molecule has 0 radical (unpaired) electrons. The summed E-state index contributed by atoms with van der Waals surface area (Å²) < 4.78 is 7.56. The molecule has 2 aromatic carbocycles. The highest BCUT2D eigenvalue weighted by Gasteiger charge is 2.42. The smallest absolute Gasteiger partial charge is 0.174 e. The van der Waals surface area contributed by atoms with Gasteiger partial charge in [-0.1, -0.05) is 6.07 Å². The number of thiocarbonyl (C=S) groups is 1. The van der Waals surface area contributed by atoms with E-state index in [1.54, 1.807) is 19.2 Å². The van der Waals surface area contributed by atoms with Crippen molar-refractivity contribution < 1.29 is 9.84 Å². The lowest BCUT2D eigenvalue weighted by atomic mass is 9.96. The van der Waals surface area contributed by atoms with Crippen LogP contribution >= 0.6 is 12.2 Å². The fourth-order valence-corrected chi connectivity index (χ4v) is 5.12. The van der Waals surface area contributed by atoms with E-state index >= 15 is 0 Å². The predicted octanol–water partition coefficient (Wildman–Crippen LogP) is 5.38. The second-order valence-corrected chi connectivity index (χ2v) is 8.76. The summed E-state index contributed by atoms with van der Waals surface area (Å²) in [6, 6.07) is 23.2. The largest absolute Gasteiger partial charge is 0.508 e. The number of pyridine rings is 1. The van der Waals surface area contributed by atoms with E-state index in [2.05, 4.69) is 39.7 Å². The Hall–Kier alpha value is -3.84. The molecule has 0 spiro atoms. The molecule has 1 aliphatic heterocycles. The summed E-state index contributed by atoms with van der Waals surface area (Å²) in [5.74, 6) is 1.04. The van der Waals surface area contributed by atoms with Gasteiger partial charge in [0, 0.05) is 29.0 Å². The Morgan fingerprint density at radius 3 is 2.32 bits per heavy atom. The van der Waals surface area contributed by atoms with Crippen molar-refractivity contribution in [1.29, 1.82) is 0 Å². The van der Waals surface area contributed by atoms with E-state index in [4.69, 9.17) is 17.0 Å². The molecule has 1 aliphatic rings. The van der Waals surface area contributed by atoms with Crippen molar-refractivity contribution in [2.24, 2.45) is 0 Å². The fraction of sp³-hybridized carbons (Fsp3) is 0.185. The predicted molar refractivity (Wildman–Crippen MR) is 138 cm³/mol. The van der Waals surface area contributed by atoms with Gasteiger partial charge >= 0.3 is 0 Å². The molecular weight excluding hydrogens is 444 g/mol. The van der Waals surface area contributed by atoms with Crippen LogP contribution in [0.5, 0.6) is 11.5 Å². The second-order valence-electron chi connectivity index (χ2n) is 8.37. The van der Waals surface area contributed by atoms with Gasteiger partial charge in [0.05, 0.1) is 24.9 Å². The van der Waals surface area contributed by atoms with E-state index in [1.165, 1.54) is 0 Å². The van der Waals surface area contributed by atoms with Gasteiger partial charge in [-0.05, 0) is 98.4 Å². The van der Waals surface area contributed by atoms with Crippen molar-refractivity contribution in [1.82, 2.24) is 14.9 Å². The zero-order valence-electron chi connectivity index (χ0n) is 19.3. The van der Waals surface area contributed by atoms with Gasteiger partial charge in [-0.2, -0.15) is 0 Å². The highest BCUT2D eigenvalue weighted by Crippen LogP contribution is 2.44. The quantitative estimate of drug-likeness (QED) is 0.382. The maximum atomic E-state index is 9.75. The van der Waals surface area contributed by atoms with Crippen LogP contribution in [-0.2, 0) is 0 Å². The molecule has 1 saturated heterocycles. The van der Waals surface area contributed by atoms with E-state index in [0.717, 1.165) is 39.8 Å². The zero-order chi connectivity index (χ0) is 23.8. The Kier molecular flexibility index (Phi) is 5.71. The molecule has 0 amide bonds. The minimum absolute atomic E-state index is 0.104. The third-order valence-electron chi connectivity index (χ3n) is 6.35. The number of rotatable bonds is 5. The molecule has 1 fully saturated rings. The van der Waals surface area contributed by atoms with Gasteiger partial charge < -0.3 is 24.6 Å². The van der Waals surface area contributed by atoms with Crippen LogP contribution in [0.4, 0.5) is 5.69 Å². The molecule has 5 rings (SSSR count). The van der Waals surface area contributed by atoms with E-state index in [0.29, 0.717) is 5.11 Å². The van der Waals surface area contributed by atoms with Gasteiger partial charge in [0.25, 0.3) is 0 Å². The summed E-state index contributed by atoms with van der Waals surface area (Å²) >= 11 is 5.85. The Balaban J connectivity index is 1.66. The van der Waals surface area contributed by atoms with Crippen molar-refractivity contribution in [2.45, 2.75) is 25.9 Å². The number of hydrogen-bond donors (Lipinski definition) is 2. The van der Waals surface area contributed by atoms with E-state index in [9.17, 15) is 5.11 Å². The van der Waals surface area contributed by atoms with Crippen molar-refractivity contribution in [3.05, 3.63) is 102 Å². The molecule has 172 valence electrons. The third-order valence-corrected chi connectivity index (χ3v) is 6.66. The summed E-state index contributed by atoms with van der Waals surface area (Å²) in [5, 5.41) is 13.9. The van der Waals surface area contributed by atoms with Gasteiger partial charge in [0.2, 0.25) is 0 Å². The van der Waals surface area contributed by atoms with Crippen molar-refractivity contribution in [3.8, 4) is 17.2 Å². The van der Waals surface area contributed by atoms with Gasteiger partial charge in [0.1, 0.15) is 11.5 Å². The van der Waals surface area contributed by atoms with E-state index in [1.807, 2.05) is 60.8 Å². The number of ether oxygens (including phenoxy) is 1. The Morgan fingerprint density at radius 2 is 1.68 bits per heavy atom. The normalized spacial score (nSPS) is 17.6. The molecule has 2 N–H and O–H groups in total. The van der Waals surface area contributed by atoms with Crippen LogP contribution in [-0.4, -0.2) is 26.9 Å². The zero-order valence-corrected chi connectivity index (χ0v) is 20.1. The molecular formula is C27H26N4O2S. The number of phenols is 1. The number of methoxy groups -OCH3 is 1. The van der Waals surface area contributed by atoms with Crippen LogP contribution in [0.2, 0.25) is 0 Å². The highest BCUT2D eigenvalue weighted by atomic mass is 32.1. The third kappa shape index (κ3) is 3.78. The van der Waals surface area contributed by atoms with Gasteiger partial charge in [0.15, 0.2) is 5.11 Å². The van der Waals surface area contributed by atoms with Crippen molar-refractivity contribution in [3.63, 3.8) is 0 Å². The van der Waals surface area contributed by atoms with Crippen LogP contribution in [0.1, 0.15) is 34.7 Å². The minimum Gasteiger partial charge on any atom is -0.508 e. The van der Waals surface area contributed by atoms with Gasteiger partial charge in [-0.25, -0.2) is 0 Å². The molecule has 2 atom stereocenters. The molecule has 0 bridgehead atoms. The van der Waals surface area contributed by atoms with Crippen LogP contribution in [0, 0.1) is 13.8 Å². The number of hydrogen-bond acceptors (Lipinski definition) is 4. The first-order valence-corrected chi connectivity index (χ1v) is 11.5. The monoisotopic (exact) mass is 470 g/mol. The Morgan fingerprint density at radius 1 is 0.971 bits per heavy atom. The molecule has 0 aliphatic carbocycles. The molecule has 0 saturated carbocycles. The van der Waals surface area contributed by atoms with Crippen molar-refractivity contribution >= 4 is 23.0 Å². The number of anilines is 1. The summed E-state index contributed by atoms with van der Waals surface area (Å²) in [5.41, 5.74) is 6.28. The Bertz CT molecular complexity index is 1320. The van der Waals surface area contributed by atoms with Crippen LogP contribution in [0.25, 0.3) is 5.69 Å². The number of aryl methyl sites for hydroxylation is 1. The lowest BCUT2D eigenvalue weighted by Crippen LogP contribution is -2.29. The SMILES string of the molecule is COc1ccc(N2C(=S)N[C@H](c3ccccn3)[C@@H]2c2cc(C)n(-c3ccc(O)cc3)c2C)cc1. The standard InChI is InChI=1S/C27H26N4O2S/c1-17-16-23(18(2)30(17)19-7-11-21(32)12-8-19)26-25(24-6-4-5-15-28-24)29-27(34)31(26)20-9-13-22(33-3)14-10-20/h4-16,25-26,32H,1-3H3,(H,29,34)/t25-,26+/m1/s1. The van der Waals surface area contributed by atoms with Gasteiger partial charge in [-0.15, -0.1) is 0 Å². The summed E-state index contributed by atoms with van der Waals surface area (Å²) in [7, 11) is 1.66. The maximum absolute atomic E-state index is 9.75. The van der Waals surface area contributed by atoms with Crippen LogP contribution < -0.4 is 15.0 Å². The van der Waals surface area contributed by atoms with Gasteiger partial charge in [-0.3, -0.25) is 4.98 Å². The number of nitrogens with one attached hydrogen (secondary N) is 1. The Labute approximate surface area is 204 Å². The molecule has 7 heteroatoms. The average molecular weight is 471 g/mol. The highest BCUT2D eigenvalue weighted by molar-refractivity contribution is 7.80. The summed E-state index contributed by atoms with van der Waals surface area (Å²) in [6.45, 7) is 4.22. The lowest BCUT2D eigenvalue weighted by Gasteiger charge is -2.28. The maximum Gasteiger partial charge on any atom is 0.174 e.